The van der Waals surface area contributed by atoms with Gasteiger partial charge in [-0.2, -0.15) is 0 Å². The van der Waals surface area contributed by atoms with E-state index < -0.39 is 12.1 Å². The van der Waals surface area contributed by atoms with Crippen LogP contribution in [0, 0.1) is 0 Å². The highest BCUT2D eigenvalue weighted by Crippen LogP contribution is 2.28. The second kappa shape index (κ2) is 7.94. The van der Waals surface area contributed by atoms with E-state index in [4.69, 9.17) is 4.74 Å². The summed E-state index contributed by atoms with van der Waals surface area (Å²) in [4.78, 5) is 26.3. The minimum atomic E-state index is -0.708. The van der Waals surface area contributed by atoms with E-state index in [1.54, 1.807) is 11.9 Å². The summed E-state index contributed by atoms with van der Waals surface area (Å²) in [6.07, 6.45) is 0.0465. The van der Waals surface area contributed by atoms with Crippen LogP contribution in [0.4, 0.5) is 0 Å². The van der Waals surface area contributed by atoms with Gasteiger partial charge >= 0.3 is 0 Å². The molecule has 0 bridgehead atoms. The highest BCUT2D eigenvalue weighted by Gasteiger charge is 2.39. The van der Waals surface area contributed by atoms with Crippen LogP contribution in [0.1, 0.15) is 17.2 Å². The zero-order chi connectivity index (χ0) is 17.6. The molecular formula is C20H22N2O3. The van der Waals surface area contributed by atoms with E-state index in [0.717, 1.165) is 12.0 Å². The lowest BCUT2D eigenvalue weighted by molar-refractivity contribution is -0.162. The number of nitrogens with zero attached hydrogens (tertiary/aromatic N) is 1. The monoisotopic (exact) mass is 338 g/mol. The van der Waals surface area contributed by atoms with E-state index in [9.17, 15) is 9.59 Å². The smallest absolute Gasteiger partial charge is 0.251 e. The molecule has 3 rings (SSSR count). The zero-order valence-corrected chi connectivity index (χ0v) is 14.2. The van der Waals surface area contributed by atoms with Crippen LogP contribution >= 0.6 is 0 Å². The zero-order valence-electron chi connectivity index (χ0n) is 14.2. The van der Waals surface area contributed by atoms with Gasteiger partial charge in [-0.3, -0.25) is 9.59 Å². The standard InChI is InChI=1S/C20H22N2O3/c1-22-17(23)14-25-19(18(22)16-10-6-3-7-11-16)20(24)21-13-12-15-8-4-2-5-9-15/h2-11,18-19H,12-14H2,1H3,(H,21,24)/t18-,19-/m1/s1. The number of carbonyl (C=O) groups excluding carboxylic acids is 2. The van der Waals surface area contributed by atoms with Crippen molar-refractivity contribution in [2.75, 3.05) is 20.2 Å². The molecule has 0 aromatic heterocycles. The first-order valence-corrected chi connectivity index (χ1v) is 8.40. The molecule has 0 unspecified atom stereocenters. The predicted octanol–water partition coefficient (Wildman–Crippen LogP) is 1.94. The van der Waals surface area contributed by atoms with Crippen molar-refractivity contribution in [3.63, 3.8) is 0 Å². The van der Waals surface area contributed by atoms with Gasteiger partial charge in [0.2, 0.25) is 5.91 Å². The first kappa shape index (κ1) is 17.2. The third kappa shape index (κ3) is 4.06. The fourth-order valence-electron chi connectivity index (χ4n) is 3.06. The Morgan fingerprint density at radius 1 is 1.12 bits per heavy atom. The van der Waals surface area contributed by atoms with Crippen LogP contribution in [0.15, 0.2) is 60.7 Å². The van der Waals surface area contributed by atoms with E-state index in [1.807, 2.05) is 60.7 Å². The van der Waals surface area contributed by atoms with E-state index in [2.05, 4.69) is 5.32 Å². The highest BCUT2D eigenvalue weighted by atomic mass is 16.5. The second-order valence-electron chi connectivity index (χ2n) is 6.12. The molecule has 2 aromatic rings. The molecule has 1 fully saturated rings. The number of likely N-dealkylation sites (N-methyl/N-ethyl adjacent to an activating group) is 1. The Balaban J connectivity index is 1.67. The summed E-state index contributed by atoms with van der Waals surface area (Å²) in [5.74, 6) is -0.314. The van der Waals surface area contributed by atoms with Crippen molar-refractivity contribution in [2.24, 2.45) is 0 Å². The molecule has 0 aliphatic carbocycles. The quantitative estimate of drug-likeness (QED) is 0.906. The molecule has 1 aliphatic rings. The van der Waals surface area contributed by atoms with Gasteiger partial charge in [0.15, 0.2) is 6.10 Å². The number of benzene rings is 2. The minimum Gasteiger partial charge on any atom is -0.356 e. The van der Waals surface area contributed by atoms with Gasteiger partial charge in [0.05, 0.1) is 6.04 Å². The van der Waals surface area contributed by atoms with Gasteiger partial charge in [0.1, 0.15) is 6.61 Å². The maximum Gasteiger partial charge on any atom is 0.251 e. The fraction of sp³-hybridized carbons (Fsp3) is 0.300. The molecule has 2 atom stereocenters. The molecule has 2 aromatic carbocycles. The normalized spacial score (nSPS) is 20.4. The lowest BCUT2D eigenvalue weighted by Crippen LogP contribution is -2.53. The summed E-state index contributed by atoms with van der Waals surface area (Å²) < 4.78 is 5.59. The van der Waals surface area contributed by atoms with Crippen molar-refractivity contribution >= 4 is 11.8 Å². The number of ether oxygens (including phenoxy) is 1. The average Bonchev–Trinajstić information content (AvgIpc) is 2.65. The Bertz CT molecular complexity index is 718. The van der Waals surface area contributed by atoms with Crippen LogP contribution in [0.5, 0.6) is 0 Å². The number of morpholine rings is 1. The molecule has 0 saturated carbocycles. The Labute approximate surface area is 147 Å². The maximum atomic E-state index is 12.7. The summed E-state index contributed by atoms with van der Waals surface area (Å²) in [6, 6.07) is 19.1. The van der Waals surface area contributed by atoms with Crippen molar-refractivity contribution in [3.8, 4) is 0 Å². The molecule has 1 saturated heterocycles. The molecule has 1 heterocycles. The molecular weight excluding hydrogens is 316 g/mol. The van der Waals surface area contributed by atoms with E-state index in [0.29, 0.717) is 6.54 Å². The number of amides is 2. The van der Waals surface area contributed by atoms with Crippen LogP contribution in [-0.4, -0.2) is 43.0 Å². The number of rotatable bonds is 5. The SMILES string of the molecule is CN1C(=O)CO[C@@H](C(=O)NCCc2ccccc2)[C@H]1c1ccccc1. The Hall–Kier alpha value is -2.66. The summed E-state index contributed by atoms with van der Waals surface area (Å²) >= 11 is 0. The van der Waals surface area contributed by atoms with Crippen molar-refractivity contribution in [1.82, 2.24) is 10.2 Å². The van der Waals surface area contributed by atoms with Crippen LogP contribution in [0.25, 0.3) is 0 Å². The van der Waals surface area contributed by atoms with Crippen LogP contribution in [0.2, 0.25) is 0 Å². The van der Waals surface area contributed by atoms with Gasteiger partial charge in [0.25, 0.3) is 5.91 Å². The third-order valence-corrected chi connectivity index (χ3v) is 4.44. The molecule has 0 spiro atoms. The largest absolute Gasteiger partial charge is 0.356 e. The van der Waals surface area contributed by atoms with E-state index >= 15 is 0 Å². The van der Waals surface area contributed by atoms with Crippen LogP contribution in [-0.2, 0) is 20.7 Å². The fourth-order valence-corrected chi connectivity index (χ4v) is 3.06. The molecule has 1 N–H and O–H groups in total. The number of carbonyl (C=O) groups is 2. The lowest BCUT2D eigenvalue weighted by atomic mass is 9.97. The summed E-state index contributed by atoms with van der Waals surface area (Å²) in [7, 11) is 1.72. The number of hydrogen-bond acceptors (Lipinski definition) is 3. The summed E-state index contributed by atoms with van der Waals surface area (Å²) in [5.41, 5.74) is 2.06. The van der Waals surface area contributed by atoms with Crippen molar-refractivity contribution in [1.29, 1.82) is 0 Å². The predicted molar refractivity (Wildman–Crippen MR) is 94.8 cm³/mol. The number of nitrogens with one attached hydrogen (secondary N) is 1. The van der Waals surface area contributed by atoms with Crippen LogP contribution < -0.4 is 5.32 Å². The topological polar surface area (TPSA) is 58.6 Å². The third-order valence-electron chi connectivity index (χ3n) is 4.44. The van der Waals surface area contributed by atoms with Gasteiger partial charge in [-0.1, -0.05) is 60.7 Å². The van der Waals surface area contributed by atoms with Gasteiger partial charge in [-0.05, 0) is 17.5 Å². The molecule has 2 amide bonds. The molecule has 5 nitrogen and oxygen atoms in total. The summed E-state index contributed by atoms with van der Waals surface area (Å²) in [5, 5.41) is 2.93. The molecule has 0 radical (unpaired) electrons. The maximum absolute atomic E-state index is 12.7. The van der Waals surface area contributed by atoms with Crippen LogP contribution in [0.3, 0.4) is 0 Å². The first-order valence-electron chi connectivity index (χ1n) is 8.40. The molecule has 25 heavy (non-hydrogen) atoms. The minimum absolute atomic E-state index is 0.0728. The van der Waals surface area contributed by atoms with Crippen molar-refractivity contribution in [2.45, 2.75) is 18.6 Å². The Kier molecular flexibility index (Phi) is 5.46. The number of hydrogen-bond donors (Lipinski definition) is 1. The van der Waals surface area contributed by atoms with Gasteiger partial charge in [-0.15, -0.1) is 0 Å². The van der Waals surface area contributed by atoms with Crippen molar-refractivity contribution < 1.29 is 14.3 Å². The van der Waals surface area contributed by atoms with Gasteiger partial charge in [0, 0.05) is 13.6 Å². The lowest BCUT2D eigenvalue weighted by Gasteiger charge is -2.38. The second-order valence-corrected chi connectivity index (χ2v) is 6.12. The molecule has 1 aliphatic heterocycles. The highest BCUT2D eigenvalue weighted by molar-refractivity contribution is 5.86. The van der Waals surface area contributed by atoms with E-state index in [1.165, 1.54) is 5.56 Å². The molecule has 5 heteroatoms. The average molecular weight is 338 g/mol. The Morgan fingerprint density at radius 2 is 1.76 bits per heavy atom. The van der Waals surface area contributed by atoms with Gasteiger partial charge in [-0.25, -0.2) is 0 Å². The van der Waals surface area contributed by atoms with Crippen molar-refractivity contribution in [3.05, 3.63) is 71.8 Å². The summed E-state index contributed by atoms with van der Waals surface area (Å²) in [6.45, 7) is 0.457. The molecule has 130 valence electrons. The Morgan fingerprint density at radius 3 is 2.44 bits per heavy atom. The van der Waals surface area contributed by atoms with E-state index in [-0.39, 0.29) is 18.4 Å². The first-order chi connectivity index (χ1) is 12.2. The van der Waals surface area contributed by atoms with Gasteiger partial charge < -0.3 is 15.0 Å².